The molecule has 0 fully saturated rings. The predicted octanol–water partition coefficient (Wildman–Crippen LogP) is 3.48. The highest BCUT2D eigenvalue weighted by molar-refractivity contribution is 6.01. The third-order valence-electron chi connectivity index (χ3n) is 3.56. The minimum Gasteiger partial charge on any atom is -0.465 e. The molecule has 0 radical (unpaired) electrons. The molecule has 24 heavy (non-hydrogen) atoms. The van der Waals surface area contributed by atoms with Gasteiger partial charge in [-0.3, -0.25) is 0 Å². The van der Waals surface area contributed by atoms with Gasteiger partial charge in [-0.25, -0.2) is 14.2 Å². The number of fused-ring (bicyclic) bond motifs is 1. The number of benzene rings is 2. The number of halogens is 1. The molecule has 5 nitrogen and oxygen atoms in total. The Morgan fingerprint density at radius 3 is 2.58 bits per heavy atom. The number of carbonyl (C=O) groups is 1. The first-order chi connectivity index (χ1) is 11.5. The number of hydrogen-bond acceptors (Lipinski definition) is 5. The zero-order valence-corrected chi connectivity index (χ0v) is 13.7. The van der Waals surface area contributed by atoms with Crippen LogP contribution in [0.15, 0.2) is 40.8 Å². The second kappa shape index (κ2) is 6.41. The molecule has 0 unspecified atom stereocenters. The molecule has 0 atom stereocenters. The second-order valence-corrected chi connectivity index (χ2v) is 5.75. The smallest absolute Gasteiger partial charge is 0.341 e. The van der Waals surface area contributed by atoms with Crippen LogP contribution in [-0.2, 0) is 11.3 Å². The Hall–Kier alpha value is -2.73. The van der Waals surface area contributed by atoms with Crippen LogP contribution in [0, 0.1) is 5.82 Å². The quantitative estimate of drug-likeness (QED) is 0.686. The van der Waals surface area contributed by atoms with Gasteiger partial charge in [-0.1, -0.05) is 12.1 Å². The Bertz CT molecular complexity index is 885. The molecule has 0 saturated heterocycles. The predicted molar refractivity (Wildman–Crippen MR) is 88.1 cm³/mol. The number of hydrogen-bond donors (Lipinski definition) is 0. The van der Waals surface area contributed by atoms with Crippen LogP contribution in [0.5, 0.6) is 0 Å². The summed E-state index contributed by atoms with van der Waals surface area (Å²) >= 11 is 0. The summed E-state index contributed by atoms with van der Waals surface area (Å²) in [5, 5.41) is 0. The summed E-state index contributed by atoms with van der Waals surface area (Å²) in [4.78, 5) is 18.1. The van der Waals surface area contributed by atoms with E-state index in [1.807, 2.05) is 38.4 Å². The van der Waals surface area contributed by atoms with E-state index in [4.69, 9.17) is 4.42 Å². The summed E-state index contributed by atoms with van der Waals surface area (Å²) in [5.41, 5.74) is 2.43. The molecule has 3 rings (SSSR count). The van der Waals surface area contributed by atoms with Gasteiger partial charge in [-0.05, 0) is 37.9 Å². The average Bonchev–Trinajstić information content (AvgIpc) is 2.97. The lowest BCUT2D eigenvalue weighted by Gasteiger charge is -2.09. The first kappa shape index (κ1) is 16.1. The third kappa shape index (κ3) is 3.14. The van der Waals surface area contributed by atoms with Crippen molar-refractivity contribution in [2.24, 2.45) is 0 Å². The number of aromatic nitrogens is 1. The molecule has 6 heteroatoms. The number of carbonyl (C=O) groups excluding carboxylic acids is 1. The van der Waals surface area contributed by atoms with E-state index in [2.05, 4.69) is 14.6 Å². The molecule has 0 N–H and O–H groups in total. The van der Waals surface area contributed by atoms with Crippen molar-refractivity contribution in [2.75, 3.05) is 21.2 Å². The van der Waals surface area contributed by atoms with Crippen LogP contribution >= 0.6 is 0 Å². The monoisotopic (exact) mass is 328 g/mol. The molecule has 0 spiro atoms. The molecule has 1 heterocycles. The molecule has 124 valence electrons. The van der Waals surface area contributed by atoms with Crippen LogP contribution in [-0.4, -0.2) is 37.1 Å². The first-order valence-corrected chi connectivity index (χ1v) is 7.40. The minimum atomic E-state index is -0.663. The second-order valence-electron chi connectivity index (χ2n) is 5.75. The van der Waals surface area contributed by atoms with Gasteiger partial charge in [0.1, 0.15) is 16.9 Å². The molecule has 0 aliphatic rings. The average molecular weight is 328 g/mol. The van der Waals surface area contributed by atoms with Gasteiger partial charge in [-0.2, -0.15) is 0 Å². The van der Waals surface area contributed by atoms with Gasteiger partial charge in [0.25, 0.3) is 0 Å². The van der Waals surface area contributed by atoms with Crippen molar-refractivity contribution >= 4 is 17.1 Å². The lowest BCUT2D eigenvalue weighted by atomic mass is 10.1. The lowest BCUT2D eigenvalue weighted by Crippen LogP contribution is -2.10. The maximum absolute atomic E-state index is 13.7. The largest absolute Gasteiger partial charge is 0.465 e. The van der Waals surface area contributed by atoms with Crippen molar-refractivity contribution in [2.45, 2.75) is 6.54 Å². The number of methoxy groups -OCH3 is 1. The number of rotatable bonds is 4. The highest BCUT2D eigenvalue weighted by atomic mass is 19.1. The third-order valence-corrected chi connectivity index (χ3v) is 3.56. The van der Waals surface area contributed by atoms with Crippen LogP contribution in [0.3, 0.4) is 0 Å². The van der Waals surface area contributed by atoms with Crippen molar-refractivity contribution in [1.82, 2.24) is 9.88 Å². The molecule has 3 aromatic rings. The zero-order chi connectivity index (χ0) is 17.3. The first-order valence-electron chi connectivity index (χ1n) is 7.40. The molecular weight excluding hydrogens is 311 g/mol. The number of nitrogens with zero attached hydrogens (tertiary/aromatic N) is 2. The van der Waals surface area contributed by atoms with E-state index < -0.39 is 11.8 Å². The topological polar surface area (TPSA) is 55.6 Å². The summed E-state index contributed by atoms with van der Waals surface area (Å²) in [7, 11) is 5.23. The fraction of sp³-hybridized carbons (Fsp3) is 0.222. The van der Waals surface area contributed by atoms with Gasteiger partial charge in [0.2, 0.25) is 5.89 Å². The molecule has 2 aromatic carbocycles. The molecule has 0 aliphatic heterocycles. The highest BCUT2D eigenvalue weighted by Crippen LogP contribution is 2.28. The van der Waals surface area contributed by atoms with Gasteiger partial charge in [0.15, 0.2) is 5.58 Å². The van der Waals surface area contributed by atoms with Crippen LogP contribution in [0.4, 0.5) is 4.39 Å². The van der Waals surface area contributed by atoms with Crippen LogP contribution in [0.25, 0.3) is 22.6 Å². The Labute approximate surface area is 138 Å². The molecular formula is C18H17FN2O3. The summed E-state index contributed by atoms with van der Waals surface area (Å²) < 4.78 is 24.0. The van der Waals surface area contributed by atoms with Crippen molar-refractivity contribution in [3.05, 3.63) is 53.3 Å². The van der Waals surface area contributed by atoms with E-state index in [1.165, 1.54) is 13.2 Å². The van der Waals surface area contributed by atoms with E-state index in [-0.39, 0.29) is 16.7 Å². The molecule has 1 aromatic heterocycles. The number of oxazole rings is 1. The van der Waals surface area contributed by atoms with Crippen molar-refractivity contribution in [3.63, 3.8) is 0 Å². The maximum atomic E-state index is 13.7. The Morgan fingerprint density at radius 2 is 1.96 bits per heavy atom. The number of esters is 1. The summed E-state index contributed by atoms with van der Waals surface area (Å²) in [6.07, 6.45) is 0. The fourth-order valence-electron chi connectivity index (χ4n) is 2.50. The van der Waals surface area contributed by atoms with Gasteiger partial charge in [-0.15, -0.1) is 0 Å². The highest BCUT2D eigenvalue weighted by Gasteiger charge is 2.19. The van der Waals surface area contributed by atoms with E-state index in [0.29, 0.717) is 5.89 Å². The summed E-state index contributed by atoms with van der Waals surface area (Å²) in [6, 6.07) is 10.0. The Kier molecular flexibility index (Phi) is 4.31. The van der Waals surface area contributed by atoms with Crippen molar-refractivity contribution < 1.29 is 18.3 Å². The summed E-state index contributed by atoms with van der Waals surface area (Å²) in [5.74, 6) is -0.898. The van der Waals surface area contributed by atoms with E-state index >= 15 is 0 Å². The fourth-order valence-corrected chi connectivity index (χ4v) is 2.50. The SMILES string of the molecule is COC(=O)c1cc(F)cc2nc(-c3ccc(CN(C)C)cc3)oc12. The van der Waals surface area contributed by atoms with Crippen molar-refractivity contribution in [1.29, 1.82) is 0 Å². The van der Waals surface area contributed by atoms with Crippen LogP contribution in [0.2, 0.25) is 0 Å². The van der Waals surface area contributed by atoms with E-state index in [1.54, 1.807) is 0 Å². The van der Waals surface area contributed by atoms with Crippen LogP contribution < -0.4 is 0 Å². The van der Waals surface area contributed by atoms with E-state index in [0.717, 1.165) is 23.7 Å². The molecule has 0 saturated carbocycles. The van der Waals surface area contributed by atoms with Crippen LogP contribution in [0.1, 0.15) is 15.9 Å². The van der Waals surface area contributed by atoms with Gasteiger partial charge >= 0.3 is 5.97 Å². The zero-order valence-electron chi connectivity index (χ0n) is 13.7. The normalized spacial score (nSPS) is 11.2. The van der Waals surface area contributed by atoms with Gasteiger partial charge in [0, 0.05) is 18.2 Å². The van der Waals surface area contributed by atoms with Crippen molar-refractivity contribution in [3.8, 4) is 11.5 Å². The molecule has 0 bridgehead atoms. The van der Waals surface area contributed by atoms with E-state index in [9.17, 15) is 9.18 Å². The maximum Gasteiger partial charge on any atom is 0.341 e. The molecule has 0 aliphatic carbocycles. The Morgan fingerprint density at radius 1 is 1.25 bits per heavy atom. The summed E-state index contributed by atoms with van der Waals surface area (Å²) in [6.45, 7) is 0.825. The number of ether oxygens (including phenoxy) is 1. The lowest BCUT2D eigenvalue weighted by molar-refractivity contribution is 0.0601. The standard InChI is InChI=1S/C18H17FN2O3/c1-21(2)10-11-4-6-12(7-5-11)17-20-15-9-13(19)8-14(16(15)24-17)18(22)23-3/h4-9H,10H2,1-3H3. The Balaban J connectivity index is 2.03. The van der Waals surface area contributed by atoms with Gasteiger partial charge in [0.05, 0.1) is 7.11 Å². The minimum absolute atomic E-state index is 0.0236. The van der Waals surface area contributed by atoms with Gasteiger partial charge < -0.3 is 14.1 Å². The molecule has 0 amide bonds.